The molecule has 1 heterocycles. The fraction of sp³-hybridized carbons (Fsp3) is 1.00. The lowest BCUT2D eigenvalue weighted by atomic mass is 9.84. The van der Waals surface area contributed by atoms with Crippen LogP contribution in [-0.2, 0) is 14.6 Å². The van der Waals surface area contributed by atoms with E-state index in [-0.39, 0.29) is 5.41 Å². The van der Waals surface area contributed by atoms with Crippen molar-refractivity contribution in [1.29, 1.82) is 0 Å². The first-order valence-electron chi connectivity index (χ1n) is 5.98. The van der Waals surface area contributed by atoms with Gasteiger partial charge in [-0.1, -0.05) is 0 Å². The number of sulfone groups is 1. The molecule has 0 spiro atoms. The molecule has 4 nitrogen and oxygen atoms in total. The quantitative estimate of drug-likeness (QED) is 0.746. The van der Waals surface area contributed by atoms with Crippen LogP contribution in [0.1, 0.15) is 25.7 Å². The molecule has 1 atom stereocenters. The lowest BCUT2D eigenvalue weighted by Crippen LogP contribution is -2.37. The van der Waals surface area contributed by atoms with Crippen molar-refractivity contribution in [2.45, 2.75) is 31.7 Å². The highest BCUT2D eigenvalue weighted by Crippen LogP contribution is 2.36. The van der Waals surface area contributed by atoms with Gasteiger partial charge >= 0.3 is 0 Å². The van der Waals surface area contributed by atoms with Crippen molar-refractivity contribution in [3.63, 3.8) is 0 Å². The van der Waals surface area contributed by atoms with Gasteiger partial charge in [0.15, 0.2) is 9.84 Å². The van der Waals surface area contributed by atoms with Crippen LogP contribution in [0.15, 0.2) is 0 Å². The molecule has 94 valence electrons. The molecule has 16 heavy (non-hydrogen) atoms. The van der Waals surface area contributed by atoms with Gasteiger partial charge in [0.1, 0.15) is 0 Å². The topological polar surface area (TPSA) is 55.4 Å². The van der Waals surface area contributed by atoms with Gasteiger partial charge in [0.25, 0.3) is 0 Å². The van der Waals surface area contributed by atoms with Crippen molar-refractivity contribution in [2.75, 3.05) is 31.8 Å². The van der Waals surface area contributed by atoms with Crippen LogP contribution >= 0.6 is 0 Å². The molecule has 5 heteroatoms. The van der Waals surface area contributed by atoms with E-state index in [1.165, 1.54) is 12.8 Å². The number of hydrogen-bond donors (Lipinski definition) is 1. The maximum atomic E-state index is 11.6. The van der Waals surface area contributed by atoms with Crippen LogP contribution in [0.2, 0.25) is 0 Å². The largest absolute Gasteiger partial charge is 0.385 e. The van der Waals surface area contributed by atoms with Crippen LogP contribution in [-0.4, -0.2) is 46.2 Å². The number of methoxy groups -OCH3 is 1. The first kappa shape index (κ1) is 12.3. The van der Waals surface area contributed by atoms with Crippen molar-refractivity contribution >= 4 is 9.84 Å². The van der Waals surface area contributed by atoms with Gasteiger partial charge in [0.2, 0.25) is 0 Å². The van der Waals surface area contributed by atoms with Crippen molar-refractivity contribution in [1.82, 2.24) is 5.32 Å². The van der Waals surface area contributed by atoms with Crippen molar-refractivity contribution in [3.05, 3.63) is 0 Å². The third kappa shape index (κ3) is 3.18. The molecular formula is C11H21NO3S. The zero-order chi connectivity index (χ0) is 11.6. The maximum absolute atomic E-state index is 11.6. The number of ether oxygens (including phenoxy) is 1. The Bertz CT molecular complexity index is 337. The molecular weight excluding hydrogens is 226 g/mol. The lowest BCUT2D eigenvalue weighted by molar-refractivity contribution is 0.145. The van der Waals surface area contributed by atoms with Crippen LogP contribution in [0, 0.1) is 5.41 Å². The highest BCUT2D eigenvalue weighted by atomic mass is 32.2. The second-order valence-electron chi connectivity index (χ2n) is 5.24. The van der Waals surface area contributed by atoms with Gasteiger partial charge in [0, 0.05) is 26.3 Å². The minimum absolute atomic E-state index is 0.0720. The lowest BCUT2D eigenvalue weighted by Gasteiger charge is -2.27. The Morgan fingerprint density at radius 3 is 2.69 bits per heavy atom. The van der Waals surface area contributed by atoms with Gasteiger partial charge in [-0.2, -0.15) is 0 Å². The second kappa shape index (κ2) is 4.63. The van der Waals surface area contributed by atoms with E-state index in [2.05, 4.69) is 5.32 Å². The Labute approximate surface area is 97.7 Å². The molecule has 0 bridgehead atoms. The van der Waals surface area contributed by atoms with Gasteiger partial charge in [-0.25, -0.2) is 8.42 Å². The molecule has 1 saturated carbocycles. The van der Waals surface area contributed by atoms with Gasteiger partial charge in [-0.15, -0.1) is 0 Å². The number of hydrogen-bond acceptors (Lipinski definition) is 4. The first-order chi connectivity index (χ1) is 7.55. The molecule has 0 aromatic carbocycles. The summed E-state index contributed by atoms with van der Waals surface area (Å²) < 4.78 is 28.3. The Hall–Kier alpha value is -0.130. The summed E-state index contributed by atoms with van der Waals surface area (Å²) in [5.41, 5.74) is -0.0720. The number of nitrogens with one attached hydrogen (secondary N) is 1. The SMILES string of the molecule is COCCC1(CNC2CC2)CCS(=O)(=O)C1. The predicted molar refractivity (Wildman–Crippen MR) is 63.2 cm³/mol. The molecule has 1 aliphatic heterocycles. The van der Waals surface area contributed by atoms with Crippen molar-refractivity contribution in [2.24, 2.45) is 5.41 Å². The zero-order valence-electron chi connectivity index (χ0n) is 9.87. The molecule has 0 radical (unpaired) electrons. The molecule has 2 rings (SSSR count). The van der Waals surface area contributed by atoms with E-state index in [4.69, 9.17) is 4.74 Å². The smallest absolute Gasteiger partial charge is 0.150 e. The standard InChI is InChI=1S/C11H21NO3S/c1-15-6-4-11(8-12-10-2-3-10)5-7-16(13,14)9-11/h10,12H,2-9H2,1H3. The van der Waals surface area contributed by atoms with Crippen LogP contribution in [0.5, 0.6) is 0 Å². The Morgan fingerprint density at radius 1 is 1.44 bits per heavy atom. The summed E-state index contributed by atoms with van der Waals surface area (Å²) in [7, 11) is -1.14. The summed E-state index contributed by atoms with van der Waals surface area (Å²) in [5.74, 6) is 0.687. The van der Waals surface area contributed by atoms with Gasteiger partial charge in [0.05, 0.1) is 11.5 Å². The van der Waals surface area contributed by atoms with E-state index < -0.39 is 9.84 Å². The summed E-state index contributed by atoms with van der Waals surface area (Å²) in [6, 6.07) is 0.641. The van der Waals surface area contributed by atoms with Gasteiger partial charge in [-0.05, 0) is 31.1 Å². The fourth-order valence-electron chi connectivity index (χ4n) is 2.37. The molecule has 1 N–H and O–H groups in total. The molecule has 1 unspecified atom stereocenters. The van der Waals surface area contributed by atoms with Crippen molar-refractivity contribution in [3.8, 4) is 0 Å². The summed E-state index contributed by atoms with van der Waals surface area (Å²) >= 11 is 0. The number of rotatable bonds is 6. The summed E-state index contributed by atoms with van der Waals surface area (Å²) in [5, 5.41) is 3.47. The normalized spacial score (nSPS) is 33.1. The predicted octanol–water partition coefficient (Wildman–Crippen LogP) is 0.580. The molecule has 0 amide bonds. The third-order valence-electron chi connectivity index (χ3n) is 3.65. The first-order valence-corrected chi connectivity index (χ1v) is 7.80. The summed E-state index contributed by atoms with van der Waals surface area (Å²) in [6.45, 7) is 1.49. The Kier molecular flexibility index (Phi) is 3.56. The minimum Gasteiger partial charge on any atom is -0.385 e. The highest BCUT2D eigenvalue weighted by Gasteiger charge is 2.42. The van der Waals surface area contributed by atoms with Gasteiger partial charge in [-0.3, -0.25) is 0 Å². The minimum atomic E-state index is -2.81. The van der Waals surface area contributed by atoms with Crippen LogP contribution in [0.25, 0.3) is 0 Å². The molecule has 1 saturated heterocycles. The van der Waals surface area contributed by atoms with E-state index in [1.807, 2.05) is 0 Å². The molecule has 2 fully saturated rings. The average Bonchev–Trinajstić information content (AvgIpc) is 3.00. The Balaban J connectivity index is 1.94. The third-order valence-corrected chi connectivity index (χ3v) is 5.53. The second-order valence-corrected chi connectivity index (χ2v) is 7.42. The molecule has 0 aromatic rings. The van der Waals surface area contributed by atoms with E-state index in [1.54, 1.807) is 7.11 Å². The van der Waals surface area contributed by atoms with E-state index in [0.717, 1.165) is 19.4 Å². The van der Waals surface area contributed by atoms with Crippen LogP contribution in [0.4, 0.5) is 0 Å². The monoisotopic (exact) mass is 247 g/mol. The average molecular weight is 247 g/mol. The molecule has 0 aromatic heterocycles. The van der Waals surface area contributed by atoms with E-state index in [9.17, 15) is 8.42 Å². The summed E-state index contributed by atoms with van der Waals surface area (Å²) in [4.78, 5) is 0. The Morgan fingerprint density at radius 2 is 2.19 bits per heavy atom. The fourth-order valence-corrected chi connectivity index (χ4v) is 4.59. The molecule has 2 aliphatic rings. The van der Waals surface area contributed by atoms with Gasteiger partial charge < -0.3 is 10.1 Å². The van der Waals surface area contributed by atoms with E-state index in [0.29, 0.717) is 24.2 Å². The molecule has 1 aliphatic carbocycles. The van der Waals surface area contributed by atoms with E-state index >= 15 is 0 Å². The van der Waals surface area contributed by atoms with Crippen LogP contribution in [0.3, 0.4) is 0 Å². The highest BCUT2D eigenvalue weighted by molar-refractivity contribution is 7.91. The van der Waals surface area contributed by atoms with Crippen molar-refractivity contribution < 1.29 is 13.2 Å². The zero-order valence-corrected chi connectivity index (χ0v) is 10.7. The van der Waals surface area contributed by atoms with Crippen LogP contribution < -0.4 is 5.32 Å². The summed E-state index contributed by atoms with van der Waals surface area (Å²) in [6.07, 6.45) is 4.13. The maximum Gasteiger partial charge on any atom is 0.150 e.